The largest absolute Gasteiger partial charge is 0.449 e. The van der Waals surface area contributed by atoms with Crippen LogP contribution in [0.15, 0.2) is 48.5 Å². The van der Waals surface area contributed by atoms with Crippen LogP contribution < -0.4 is 10.4 Å². The van der Waals surface area contributed by atoms with E-state index < -0.39 is 16.6 Å². The second-order valence-corrected chi connectivity index (χ2v) is 16.2. The molecule has 0 aromatic heterocycles. The SMILES string of the molecule is C[Si]1(C)O[Si](C)(C)c2ccc(cc2)C2CCC2c2ccc1cc2. The molecule has 0 radical (unpaired) electrons. The van der Waals surface area contributed by atoms with Gasteiger partial charge in [-0.05, 0) is 72.4 Å². The van der Waals surface area contributed by atoms with Gasteiger partial charge in [-0.15, -0.1) is 0 Å². The van der Waals surface area contributed by atoms with Gasteiger partial charge in [-0.1, -0.05) is 48.5 Å². The minimum atomic E-state index is -1.88. The van der Waals surface area contributed by atoms with Gasteiger partial charge in [0.25, 0.3) is 0 Å². The second kappa shape index (κ2) is 5.17. The van der Waals surface area contributed by atoms with Crippen LogP contribution in [0.4, 0.5) is 0 Å². The summed E-state index contributed by atoms with van der Waals surface area (Å²) in [6.07, 6.45) is 2.65. The van der Waals surface area contributed by atoms with Gasteiger partial charge in [-0.25, -0.2) is 0 Å². The van der Waals surface area contributed by atoms with Crippen LogP contribution in [-0.4, -0.2) is 16.6 Å². The van der Waals surface area contributed by atoms with Gasteiger partial charge in [0.1, 0.15) is 0 Å². The maximum Gasteiger partial charge on any atom is 0.206 e. The molecule has 120 valence electrons. The highest BCUT2D eigenvalue weighted by Gasteiger charge is 2.38. The molecule has 1 saturated carbocycles. The monoisotopic (exact) mass is 338 g/mol. The van der Waals surface area contributed by atoms with Crippen molar-refractivity contribution in [3.8, 4) is 0 Å². The van der Waals surface area contributed by atoms with Crippen molar-refractivity contribution in [1.82, 2.24) is 0 Å². The molecule has 5 aliphatic rings. The molecule has 4 aliphatic heterocycles. The van der Waals surface area contributed by atoms with Crippen LogP contribution in [0.3, 0.4) is 0 Å². The van der Waals surface area contributed by atoms with Gasteiger partial charge in [0.2, 0.25) is 16.6 Å². The summed E-state index contributed by atoms with van der Waals surface area (Å²) in [6.45, 7) is 9.38. The predicted octanol–water partition coefficient (Wildman–Crippen LogP) is 4.20. The lowest BCUT2D eigenvalue weighted by molar-refractivity contribution is 0.346. The van der Waals surface area contributed by atoms with E-state index in [-0.39, 0.29) is 0 Å². The molecule has 1 fully saturated rings. The summed E-state index contributed by atoms with van der Waals surface area (Å²) in [5.74, 6) is 1.40. The van der Waals surface area contributed by atoms with Gasteiger partial charge in [0, 0.05) is 0 Å². The lowest BCUT2D eigenvalue weighted by atomic mass is 9.67. The molecule has 3 heteroatoms. The molecule has 4 bridgehead atoms. The molecule has 1 nitrogen and oxygen atoms in total. The zero-order chi connectivity index (χ0) is 16.2. The van der Waals surface area contributed by atoms with Crippen molar-refractivity contribution in [3.05, 3.63) is 59.7 Å². The van der Waals surface area contributed by atoms with E-state index in [4.69, 9.17) is 4.12 Å². The fourth-order valence-corrected chi connectivity index (χ4v) is 12.3. The number of hydrogen-bond acceptors (Lipinski definition) is 1. The van der Waals surface area contributed by atoms with E-state index in [1.54, 1.807) is 0 Å². The van der Waals surface area contributed by atoms with Crippen molar-refractivity contribution in [1.29, 1.82) is 0 Å². The van der Waals surface area contributed by atoms with Crippen LogP contribution in [0.1, 0.15) is 35.8 Å². The molecule has 2 aromatic rings. The Labute approximate surface area is 142 Å². The summed E-state index contributed by atoms with van der Waals surface area (Å²) in [5.41, 5.74) is 3.02. The Hall–Kier alpha value is -1.17. The van der Waals surface area contributed by atoms with Crippen LogP contribution in [0.5, 0.6) is 0 Å². The van der Waals surface area contributed by atoms with E-state index in [0.29, 0.717) is 11.8 Å². The Morgan fingerprint density at radius 3 is 1.30 bits per heavy atom. The summed E-state index contributed by atoms with van der Waals surface area (Å²) in [7, 11) is -3.75. The molecule has 23 heavy (non-hydrogen) atoms. The average molecular weight is 339 g/mol. The van der Waals surface area contributed by atoms with Crippen molar-refractivity contribution in [3.63, 3.8) is 0 Å². The Balaban J connectivity index is 1.87. The molecular formula is C20H26OSi2. The fourth-order valence-electron chi connectivity index (χ4n) is 4.32. The maximum absolute atomic E-state index is 6.84. The van der Waals surface area contributed by atoms with Crippen molar-refractivity contribution < 1.29 is 4.12 Å². The molecule has 2 aromatic carbocycles. The topological polar surface area (TPSA) is 9.23 Å². The lowest BCUT2D eigenvalue weighted by Gasteiger charge is -2.37. The van der Waals surface area contributed by atoms with E-state index in [9.17, 15) is 0 Å². The van der Waals surface area contributed by atoms with Gasteiger partial charge >= 0.3 is 0 Å². The normalized spacial score (nSPS) is 27.3. The highest BCUT2D eigenvalue weighted by molar-refractivity contribution is 6.96. The molecule has 4 heterocycles. The Kier molecular flexibility index (Phi) is 3.45. The molecular weight excluding hydrogens is 312 g/mol. The molecule has 2 unspecified atom stereocenters. The third-order valence-corrected chi connectivity index (χ3v) is 13.4. The van der Waals surface area contributed by atoms with Gasteiger partial charge in [-0.3, -0.25) is 0 Å². The molecule has 0 N–H and O–H groups in total. The summed E-state index contributed by atoms with van der Waals surface area (Å²) in [6, 6.07) is 18.8. The molecule has 0 amide bonds. The number of benzene rings is 2. The average Bonchev–Trinajstić information content (AvgIpc) is 2.46. The third-order valence-electron chi connectivity index (χ3n) is 5.85. The predicted molar refractivity (Wildman–Crippen MR) is 103 cm³/mol. The fraction of sp³-hybridized carbons (Fsp3) is 0.400. The van der Waals surface area contributed by atoms with Crippen molar-refractivity contribution in [2.24, 2.45) is 0 Å². The standard InChI is InChI=1S/C20H26OSi2/c1-22(2)17-9-5-15(6-10-17)19-13-14-20(19)16-7-11-18(12-8-16)23(3,4)21-22/h5-12,19-20H,13-14H2,1-4H3. The van der Waals surface area contributed by atoms with Crippen molar-refractivity contribution >= 4 is 27.0 Å². The molecule has 0 spiro atoms. The Morgan fingerprint density at radius 1 is 0.652 bits per heavy atom. The molecule has 7 rings (SSSR count). The minimum Gasteiger partial charge on any atom is -0.449 e. The third kappa shape index (κ3) is 2.55. The highest BCUT2D eigenvalue weighted by Crippen LogP contribution is 2.48. The number of rotatable bonds is 0. The Bertz CT molecular complexity index is 653. The van der Waals surface area contributed by atoms with Crippen LogP contribution in [0.25, 0.3) is 0 Å². The first kappa shape index (κ1) is 15.4. The summed E-state index contributed by atoms with van der Waals surface area (Å²) >= 11 is 0. The van der Waals surface area contributed by atoms with Crippen LogP contribution in [0.2, 0.25) is 26.2 Å². The van der Waals surface area contributed by atoms with Crippen molar-refractivity contribution in [2.45, 2.75) is 50.9 Å². The van der Waals surface area contributed by atoms with Gasteiger partial charge in [-0.2, -0.15) is 0 Å². The first-order chi connectivity index (χ1) is 10.9. The summed E-state index contributed by atoms with van der Waals surface area (Å²) < 4.78 is 6.84. The zero-order valence-corrected chi connectivity index (χ0v) is 16.6. The molecule has 0 saturated heterocycles. The quantitative estimate of drug-likeness (QED) is 0.654. The summed E-state index contributed by atoms with van der Waals surface area (Å²) in [5, 5.41) is 2.85. The smallest absolute Gasteiger partial charge is 0.206 e. The zero-order valence-electron chi connectivity index (χ0n) is 14.6. The lowest BCUT2D eigenvalue weighted by Crippen LogP contribution is -2.57. The van der Waals surface area contributed by atoms with E-state index in [2.05, 4.69) is 74.7 Å². The first-order valence-corrected chi connectivity index (χ1v) is 14.6. The van der Waals surface area contributed by atoms with Gasteiger partial charge in [0.05, 0.1) is 0 Å². The molecule has 1 aliphatic carbocycles. The van der Waals surface area contributed by atoms with Crippen molar-refractivity contribution in [2.75, 3.05) is 0 Å². The first-order valence-electron chi connectivity index (χ1n) is 8.78. The minimum absolute atomic E-state index is 0.701. The van der Waals surface area contributed by atoms with Gasteiger partial charge in [0.15, 0.2) is 0 Å². The Morgan fingerprint density at radius 2 is 1.00 bits per heavy atom. The number of hydrogen-bond donors (Lipinski definition) is 0. The highest BCUT2D eigenvalue weighted by atomic mass is 28.4. The maximum atomic E-state index is 6.84. The van der Waals surface area contributed by atoms with E-state index in [1.807, 2.05) is 0 Å². The van der Waals surface area contributed by atoms with Crippen LogP contribution in [0, 0.1) is 0 Å². The second-order valence-electron chi connectivity index (χ2n) is 8.16. The van der Waals surface area contributed by atoms with Crippen LogP contribution >= 0.6 is 0 Å². The van der Waals surface area contributed by atoms with Crippen LogP contribution in [-0.2, 0) is 4.12 Å². The van der Waals surface area contributed by atoms with Gasteiger partial charge < -0.3 is 4.12 Å². The molecule has 2 atom stereocenters. The van der Waals surface area contributed by atoms with E-state index in [1.165, 1.54) is 34.3 Å². The van der Waals surface area contributed by atoms with E-state index >= 15 is 0 Å². The van der Waals surface area contributed by atoms with E-state index in [0.717, 1.165) is 0 Å². The summed E-state index contributed by atoms with van der Waals surface area (Å²) in [4.78, 5) is 0.